The number of carbonyl (C=O) groups excluding carboxylic acids is 3. The molecular weight excluding hydrogens is 795 g/mol. The number of unbranched alkanes of at least 4 members (excludes halogenated alkanes) is 4. The fourth-order valence-electron chi connectivity index (χ4n) is 8.47. The Morgan fingerprint density at radius 2 is 1.75 bits per heavy atom. The van der Waals surface area contributed by atoms with Crippen LogP contribution in [-0.2, 0) is 33.5 Å². The Morgan fingerprint density at radius 1 is 0.950 bits per heavy atom. The summed E-state index contributed by atoms with van der Waals surface area (Å²) < 4.78 is 18.8. The van der Waals surface area contributed by atoms with Gasteiger partial charge in [0.2, 0.25) is 11.8 Å². The molecule has 7 rings (SSSR count). The molecule has 1 aromatic heterocycles. The van der Waals surface area contributed by atoms with E-state index in [4.69, 9.17) is 21.3 Å². The lowest BCUT2D eigenvalue weighted by Crippen LogP contribution is -2.52. The Morgan fingerprint density at radius 3 is 2.53 bits per heavy atom. The number of anilines is 1. The highest BCUT2D eigenvalue weighted by atomic mass is 35.5. The van der Waals surface area contributed by atoms with Gasteiger partial charge in [-0.15, -0.1) is 0 Å². The number of halogens is 1. The third-order valence-electron chi connectivity index (χ3n) is 11.7. The van der Waals surface area contributed by atoms with Gasteiger partial charge in [0, 0.05) is 91.3 Å². The second-order valence-corrected chi connectivity index (χ2v) is 19.9. The van der Waals surface area contributed by atoms with Crippen LogP contribution in [0.15, 0.2) is 66.9 Å². The minimum Gasteiger partial charge on any atom is -0.496 e. The van der Waals surface area contributed by atoms with Crippen molar-refractivity contribution >= 4 is 47.5 Å². The van der Waals surface area contributed by atoms with Crippen LogP contribution >= 0.6 is 18.7 Å². The van der Waals surface area contributed by atoms with Gasteiger partial charge in [-0.05, 0) is 81.3 Å². The molecule has 1 atom stereocenters. The van der Waals surface area contributed by atoms with Gasteiger partial charge >= 0.3 is 0 Å². The number of methoxy groups -OCH3 is 1. The molecule has 0 radical (unpaired) electrons. The normalized spacial score (nSPS) is 17.0. The predicted molar refractivity (Wildman–Crippen MR) is 237 cm³/mol. The number of aromatic nitrogens is 2. The van der Waals surface area contributed by atoms with Gasteiger partial charge in [-0.2, -0.15) is 0 Å². The van der Waals surface area contributed by atoms with Crippen molar-refractivity contribution in [2.45, 2.75) is 89.3 Å². The first kappa shape index (κ1) is 43.1. The van der Waals surface area contributed by atoms with Gasteiger partial charge in [0.1, 0.15) is 24.8 Å². The summed E-state index contributed by atoms with van der Waals surface area (Å²) in [4.78, 5) is 50.5. The van der Waals surface area contributed by atoms with Crippen LogP contribution in [0.4, 0.5) is 5.69 Å². The average molecular weight is 849 g/mol. The Labute approximate surface area is 358 Å². The van der Waals surface area contributed by atoms with E-state index in [1.807, 2.05) is 36.4 Å². The molecule has 3 aromatic carbocycles. The van der Waals surface area contributed by atoms with Crippen molar-refractivity contribution in [3.63, 3.8) is 0 Å². The van der Waals surface area contributed by atoms with Crippen molar-refractivity contribution in [3.05, 3.63) is 111 Å². The quantitative estimate of drug-likeness (QED) is 0.0568. The fraction of sp³-hybridized carbons (Fsp3) is 0.426. The highest BCUT2D eigenvalue weighted by molar-refractivity contribution is 7.70. The van der Waals surface area contributed by atoms with Crippen LogP contribution in [0.5, 0.6) is 5.75 Å². The summed E-state index contributed by atoms with van der Waals surface area (Å²) in [7, 11) is -0.765. The number of carbonyl (C=O) groups is 3. The molecule has 4 heterocycles. The second kappa shape index (κ2) is 19.6. The molecule has 0 spiro atoms. The van der Waals surface area contributed by atoms with Gasteiger partial charge in [0.25, 0.3) is 5.91 Å². The molecule has 314 valence electrons. The van der Waals surface area contributed by atoms with Gasteiger partial charge in [-0.3, -0.25) is 19.7 Å². The summed E-state index contributed by atoms with van der Waals surface area (Å²) in [5.41, 5.74) is 6.13. The third-order valence-corrected chi connectivity index (χ3v) is 13.7. The zero-order valence-corrected chi connectivity index (χ0v) is 36.4. The summed E-state index contributed by atoms with van der Waals surface area (Å²) >= 11 is 6.56. The molecule has 3 aliphatic rings. The maximum absolute atomic E-state index is 13.1. The lowest BCUT2D eigenvalue weighted by atomic mass is 10.0. The zero-order valence-electron chi connectivity index (χ0n) is 34.8. The molecule has 11 nitrogen and oxygen atoms in total. The van der Waals surface area contributed by atoms with E-state index in [1.54, 1.807) is 37.6 Å². The maximum Gasteiger partial charge on any atom is 0.255 e. The highest BCUT2D eigenvalue weighted by Crippen LogP contribution is 2.37. The number of rotatable bonds is 15. The Kier molecular flexibility index (Phi) is 14.1. The molecule has 13 heteroatoms. The molecule has 2 saturated heterocycles. The Balaban J connectivity index is 0.817. The van der Waals surface area contributed by atoms with Crippen LogP contribution in [0.2, 0.25) is 5.02 Å². The summed E-state index contributed by atoms with van der Waals surface area (Å²) in [6.07, 6.45) is 10.6. The van der Waals surface area contributed by atoms with E-state index in [1.165, 1.54) is 0 Å². The largest absolute Gasteiger partial charge is 0.496 e. The van der Waals surface area contributed by atoms with E-state index < -0.39 is 19.1 Å². The van der Waals surface area contributed by atoms with Gasteiger partial charge in [-0.1, -0.05) is 72.7 Å². The van der Waals surface area contributed by atoms with Gasteiger partial charge in [0.15, 0.2) is 0 Å². The minimum atomic E-state index is -2.46. The lowest BCUT2D eigenvalue weighted by molar-refractivity contribution is -0.136. The first-order valence-corrected chi connectivity index (χ1v) is 24.0. The molecule has 1 unspecified atom stereocenters. The number of amides is 3. The van der Waals surface area contributed by atoms with Crippen LogP contribution in [0.1, 0.15) is 102 Å². The number of piperidine rings is 2. The van der Waals surface area contributed by atoms with Crippen molar-refractivity contribution < 1.29 is 23.7 Å². The molecule has 3 amide bonds. The maximum atomic E-state index is 13.1. The standard InChI is InChI=1S/C47H54ClN6O5P/c1-59-42-29-36(19-18-33(42)28-44-50-30-39(48)40(51-44)27-34-14-9-10-17-43(34)60(2,3)58)53-25-22-35(23-26-53)49-24-11-7-5-4-6-8-13-32-15-12-16-37-38(32)31-54(47(37)57)41-20-21-45(55)52-46(41)56/h9-10,12,14-19,29-30,35,41,49H,4-7,11,20-28,31H2,1-3H3,(H,52,55,56). The lowest BCUT2D eigenvalue weighted by Gasteiger charge is -2.34. The van der Waals surface area contributed by atoms with Gasteiger partial charge in [0.05, 0.1) is 17.8 Å². The number of ether oxygens (including phenoxy) is 1. The van der Waals surface area contributed by atoms with E-state index >= 15 is 0 Å². The Bertz CT molecular complexity index is 2350. The number of nitrogens with zero attached hydrogens (tertiary/aromatic N) is 4. The molecule has 2 N–H and O–H groups in total. The molecule has 0 bridgehead atoms. The highest BCUT2D eigenvalue weighted by Gasteiger charge is 2.39. The summed E-state index contributed by atoms with van der Waals surface area (Å²) in [5, 5.41) is 7.48. The summed E-state index contributed by atoms with van der Waals surface area (Å²) in [5.74, 6) is 7.18. The van der Waals surface area contributed by atoms with Crippen LogP contribution < -0.4 is 25.6 Å². The van der Waals surface area contributed by atoms with Gasteiger partial charge in [-0.25, -0.2) is 9.97 Å². The van der Waals surface area contributed by atoms with Gasteiger partial charge < -0.3 is 24.4 Å². The predicted octanol–water partition coefficient (Wildman–Crippen LogP) is 6.89. The molecule has 0 aliphatic carbocycles. The molecule has 0 saturated carbocycles. The van der Waals surface area contributed by atoms with Crippen LogP contribution in [0.25, 0.3) is 0 Å². The number of fused-ring (bicyclic) bond motifs is 1. The van der Waals surface area contributed by atoms with Crippen LogP contribution in [-0.4, -0.2) is 84.7 Å². The van der Waals surface area contributed by atoms with Crippen molar-refractivity contribution in [3.8, 4) is 17.6 Å². The van der Waals surface area contributed by atoms with Crippen molar-refractivity contribution in [2.24, 2.45) is 0 Å². The van der Waals surface area contributed by atoms with E-state index in [0.29, 0.717) is 54.0 Å². The summed E-state index contributed by atoms with van der Waals surface area (Å²) in [6, 6.07) is 19.6. The fourth-order valence-corrected chi connectivity index (χ4v) is 9.91. The van der Waals surface area contributed by atoms with Crippen LogP contribution in [0.3, 0.4) is 0 Å². The van der Waals surface area contributed by atoms with Crippen molar-refractivity contribution in [1.82, 2.24) is 25.5 Å². The molecular formula is C47H54ClN6O5P. The second-order valence-electron chi connectivity index (χ2n) is 16.3. The van der Waals surface area contributed by atoms with E-state index in [-0.39, 0.29) is 18.2 Å². The third kappa shape index (κ3) is 10.5. The van der Waals surface area contributed by atoms with Crippen molar-refractivity contribution in [1.29, 1.82) is 0 Å². The van der Waals surface area contributed by atoms with E-state index in [9.17, 15) is 18.9 Å². The minimum absolute atomic E-state index is 0.173. The average Bonchev–Trinajstić information content (AvgIpc) is 3.57. The van der Waals surface area contributed by atoms with E-state index in [2.05, 4.69) is 50.6 Å². The molecule has 2 fully saturated rings. The number of hydrogen-bond donors (Lipinski definition) is 2. The zero-order chi connectivity index (χ0) is 42.2. The number of nitrogens with one attached hydrogen (secondary N) is 2. The smallest absolute Gasteiger partial charge is 0.255 e. The molecule has 3 aliphatic heterocycles. The first-order chi connectivity index (χ1) is 29.0. The monoisotopic (exact) mass is 848 g/mol. The SMILES string of the molecule is COc1cc(N2CCC(NCCCCCCC#Cc3cccc4c3CN(C3CCC(=O)NC3=O)C4=O)CC2)ccc1Cc1ncc(Cl)c(Cc2ccccc2P(C)(C)=O)n1. The topological polar surface area (TPSA) is 134 Å². The first-order valence-electron chi connectivity index (χ1n) is 21.0. The number of imide groups is 1. The molecule has 4 aromatic rings. The Hall–Kier alpha value is -5.01. The number of hydrogen-bond acceptors (Lipinski definition) is 9. The van der Waals surface area contributed by atoms with E-state index in [0.717, 1.165) is 104 Å². The van der Waals surface area contributed by atoms with Crippen molar-refractivity contribution in [2.75, 3.05) is 45.0 Å². The molecule has 60 heavy (non-hydrogen) atoms. The summed E-state index contributed by atoms with van der Waals surface area (Å²) in [6.45, 7) is 6.86. The number of benzene rings is 3. The van der Waals surface area contributed by atoms with Crippen LogP contribution in [0, 0.1) is 11.8 Å².